The molecule has 0 spiro atoms. The third-order valence-electron chi connectivity index (χ3n) is 3.63. The number of nitrogens with zero attached hydrogens (tertiary/aromatic N) is 1. The minimum atomic E-state index is -0.421. The molecule has 0 atom stereocenters. The minimum absolute atomic E-state index is 0.0975. The second-order valence-electron chi connectivity index (χ2n) is 5.16. The molecule has 1 fully saturated rings. The predicted molar refractivity (Wildman–Crippen MR) is 70.7 cm³/mol. The summed E-state index contributed by atoms with van der Waals surface area (Å²) in [6.45, 7) is 1.60. The van der Waals surface area contributed by atoms with Gasteiger partial charge in [0, 0.05) is 6.54 Å². The van der Waals surface area contributed by atoms with Crippen LogP contribution < -0.4 is 11.1 Å². The molecule has 19 heavy (non-hydrogen) atoms. The van der Waals surface area contributed by atoms with Gasteiger partial charge in [-0.3, -0.25) is 4.98 Å². The van der Waals surface area contributed by atoms with Crippen molar-refractivity contribution in [3.8, 4) is 6.07 Å². The van der Waals surface area contributed by atoms with E-state index in [1.807, 2.05) is 12.1 Å². The SMILES string of the molecule is N#CC1(CNCCc2ccc3oc(=O)[nH]c3c2)CC1. The molecule has 0 radical (unpaired) electrons. The van der Waals surface area contributed by atoms with Crippen molar-refractivity contribution < 1.29 is 4.42 Å². The summed E-state index contributed by atoms with van der Waals surface area (Å²) in [4.78, 5) is 13.7. The van der Waals surface area contributed by atoms with Gasteiger partial charge in [-0.25, -0.2) is 4.79 Å². The number of nitriles is 1. The maximum Gasteiger partial charge on any atom is 0.417 e. The first-order valence-corrected chi connectivity index (χ1v) is 6.45. The van der Waals surface area contributed by atoms with Crippen molar-refractivity contribution in [1.29, 1.82) is 5.26 Å². The number of oxazole rings is 1. The summed E-state index contributed by atoms with van der Waals surface area (Å²) in [6.07, 6.45) is 2.89. The van der Waals surface area contributed by atoms with Crippen LogP contribution in [0.5, 0.6) is 0 Å². The van der Waals surface area contributed by atoms with Gasteiger partial charge in [-0.1, -0.05) is 6.07 Å². The van der Waals surface area contributed by atoms with E-state index in [9.17, 15) is 4.79 Å². The van der Waals surface area contributed by atoms with Crippen molar-refractivity contribution in [1.82, 2.24) is 10.3 Å². The second kappa shape index (κ2) is 4.56. The largest absolute Gasteiger partial charge is 0.417 e. The lowest BCUT2D eigenvalue weighted by molar-refractivity contribution is 0.555. The third kappa shape index (κ3) is 2.54. The molecule has 0 bridgehead atoms. The van der Waals surface area contributed by atoms with Gasteiger partial charge < -0.3 is 9.73 Å². The summed E-state index contributed by atoms with van der Waals surface area (Å²) in [5.41, 5.74) is 2.36. The molecule has 2 N–H and O–H groups in total. The maximum atomic E-state index is 11.0. The van der Waals surface area contributed by atoms with E-state index in [2.05, 4.69) is 16.4 Å². The van der Waals surface area contributed by atoms with Gasteiger partial charge in [0.15, 0.2) is 5.58 Å². The van der Waals surface area contributed by atoms with Crippen molar-refractivity contribution in [3.63, 3.8) is 0 Å². The van der Waals surface area contributed by atoms with E-state index < -0.39 is 5.76 Å². The average Bonchev–Trinajstić information content (AvgIpc) is 3.09. The van der Waals surface area contributed by atoms with Crippen LogP contribution in [-0.2, 0) is 6.42 Å². The van der Waals surface area contributed by atoms with E-state index in [1.165, 1.54) is 0 Å². The molecule has 5 nitrogen and oxygen atoms in total. The van der Waals surface area contributed by atoms with Crippen LogP contribution in [0, 0.1) is 16.7 Å². The fourth-order valence-corrected chi connectivity index (χ4v) is 2.19. The first-order valence-electron chi connectivity index (χ1n) is 6.45. The lowest BCUT2D eigenvalue weighted by atomic mass is 10.1. The van der Waals surface area contributed by atoms with Crippen LogP contribution in [0.4, 0.5) is 0 Å². The summed E-state index contributed by atoms with van der Waals surface area (Å²) >= 11 is 0. The van der Waals surface area contributed by atoms with Crippen LogP contribution in [-0.4, -0.2) is 18.1 Å². The predicted octanol–water partition coefficient (Wildman–Crippen LogP) is 1.56. The number of benzene rings is 1. The zero-order valence-corrected chi connectivity index (χ0v) is 10.5. The molecule has 98 valence electrons. The van der Waals surface area contributed by atoms with Crippen molar-refractivity contribution in [3.05, 3.63) is 34.3 Å². The molecule has 1 saturated carbocycles. The summed E-state index contributed by atoms with van der Waals surface area (Å²) in [6, 6.07) is 8.06. The number of fused-ring (bicyclic) bond motifs is 1. The highest BCUT2D eigenvalue weighted by atomic mass is 16.4. The van der Waals surface area contributed by atoms with Gasteiger partial charge in [0.05, 0.1) is 17.0 Å². The molecule has 0 saturated heterocycles. The Hall–Kier alpha value is -2.06. The molecule has 3 rings (SSSR count). The van der Waals surface area contributed by atoms with E-state index in [4.69, 9.17) is 9.68 Å². The van der Waals surface area contributed by atoms with Crippen LogP contribution in [0.3, 0.4) is 0 Å². The van der Waals surface area contributed by atoms with Crippen molar-refractivity contribution in [2.75, 3.05) is 13.1 Å². The molecular weight excluding hydrogens is 242 g/mol. The van der Waals surface area contributed by atoms with Gasteiger partial charge in [-0.05, 0) is 43.5 Å². The van der Waals surface area contributed by atoms with Crippen LogP contribution in [0.1, 0.15) is 18.4 Å². The number of H-pyrrole nitrogens is 1. The highest BCUT2D eigenvalue weighted by Gasteiger charge is 2.42. The summed E-state index contributed by atoms with van der Waals surface area (Å²) in [7, 11) is 0. The normalized spacial score (nSPS) is 16.4. The lowest BCUT2D eigenvalue weighted by Crippen LogP contribution is -2.25. The first kappa shape index (κ1) is 12.0. The highest BCUT2D eigenvalue weighted by Crippen LogP contribution is 2.43. The van der Waals surface area contributed by atoms with Crippen LogP contribution >= 0.6 is 0 Å². The van der Waals surface area contributed by atoms with Crippen molar-refractivity contribution >= 4 is 11.1 Å². The monoisotopic (exact) mass is 257 g/mol. The standard InChI is InChI=1S/C14H15N3O2/c15-8-14(4-5-14)9-16-6-3-10-1-2-12-11(7-10)17-13(18)19-12/h1-2,7,16H,3-6,9H2,(H,17,18). The lowest BCUT2D eigenvalue weighted by Gasteiger charge is -2.07. The van der Waals surface area contributed by atoms with Gasteiger partial charge in [0.1, 0.15) is 0 Å². The Kier molecular flexibility index (Phi) is 2.88. The Morgan fingerprint density at radius 2 is 2.32 bits per heavy atom. The van der Waals surface area contributed by atoms with Crippen molar-refractivity contribution in [2.45, 2.75) is 19.3 Å². The van der Waals surface area contributed by atoms with Crippen molar-refractivity contribution in [2.24, 2.45) is 5.41 Å². The Morgan fingerprint density at radius 3 is 3.05 bits per heavy atom. The molecule has 0 unspecified atom stereocenters. The summed E-state index contributed by atoms with van der Waals surface area (Å²) in [5, 5.41) is 12.3. The molecule has 1 heterocycles. The zero-order valence-electron chi connectivity index (χ0n) is 10.5. The van der Waals surface area contributed by atoms with Crippen LogP contribution in [0.25, 0.3) is 11.1 Å². The number of hydrogen-bond donors (Lipinski definition) is 2. The maximum absolute atomic E-state index is 11.0. The van der Waals surface area contributed by atoms with Gasteiger partial charge in [0.2, 0.25) is 0 Å². The molecule has 5 heteroatoms. The summed E-state index contributed by atoms with van der Waals surface area (Å²) < 4.78 is 4.95. The first-order chi connectivity index (χ1) is 9.21. The Morgan fingerprint density at radius 1 is 1.47 bits per heavy atom. The average molecular weight is 257 g/mol. The van der Waals surface area contributed by atoms with E-state index in [-0.39, 0.29) is 5.41 Å². The van der Waals surface area contributed by atoms with E-state index in [0.29, 0.717) is 5.58 Å². The van der Waals surface area contributed by atoms with Crippen LogP contribution in [0.2, 0.25) is 0 Å². The molecule has 1 aliphatic rings. The van der Waals surface area contributed by atoms with Gasteiger partial charge in [-0.2, -0.15) is 5.26 Å². The smallest absolute Gasteiger partial charge is 0.408 e. The fraction of sp³-hybridized carbons (Fsp3) is 0.429. The third-order valence-corrected chi connectivity index (χ3v) is 3.63. The second-order valence-corrected chi connectivity index (χ2v) is 5.16. The Bertz CT molecular complexity index is 689. The molecule has 1 aromatic heterocycles. The number of hydrogen-bond acceptors (Lipinski definition) is 4. The molecular formula is C14H15N3O2. The topological polar surface area (TPSA) is 81.8 Å². The summed E-state index contributed by atoms with van der Waals surface area (Å²) in [5.74, 6) is -0.421. The van der Waals surface area contributed by atoms with E-state index >= 15 is 0 Å². The number of nitrogens with one attached hydrogen (secondary N) is 2. The number of rotatable bonds is 5. The number of aromatic nitrogens is 1. The zero-order chi connectivity index (χ0) is 13.3. The fourth-order valence-electron chi connectivity index (χ4n) is 2.19. The molecule has 0 aliphatic heterocycles. The molecule has 0 amide bonds. The van der Waals surface area contributed by atoms with Gasteiger partial charge in [0.25, 0.3) is 0 Å². The van der Waals surface area contributed by atoms with Crippen LogP contribution in [0.15, 0.2) is 27.4 Å². The Labute approximate surface area is 110 Å². The minimum Gasteiger partial charge on any atom is -0.408 e. The number of aromatic amines is 1. The molecule has 2 aromatic rings. The molecule has 1 aromatic carbocycles. The molecule has 1 aliphatic carbocycles. The van der Waals surface area contributed by atoms with E-state index in [1.54, 1.807) is 6.07 Å². The Balaban J connectivity index is 1.56. The van der Waals surface area contributed by atoms with Gasteiger partial charge >= 0.3 is 5.76 Å². The highest BCUT2D eigenvalue weighted by molar-refractivity contribution is 5.72. The van der Waals surface area contributed by atoms with E-state index in [0.717, 1.165) is 43.4 Å². The quantitative estimate of drug-likeness (QED) is 0.796. The van der Waals surface area contributed by atoms with Gasteiger partial charge in [-0.15, -0.1) is 0 Å².